The minimum Gasteiger partial charge on any atom is -0.377 e. The van der Waals surface area contributed by atoms with Crippen molar-refractivity contribution in [2.24, 2.45) is 4.99 Å². The fourth-order valence-corrected chi connectivity index (χ4v) is 4.08. The second-order valence-corrected chi connectivity index (χ2v) is 7.59. The molecule has 1 aliphatic carbocycles. The number of aliphatic imine (C=N–C) groups is 1. The van der Waals surface area contributed by atoms with Gasteiger partial charge in [0.15, 0.2) is 11.8 Å². The highest BCUT2D eigenvalue weighted by molar-refractivity contribution is 5.80. The normalized spacial score (nSPS) is 18.6. The van der Waals surface area contributed by atoms with Crippen LogP contribution in [0.3, 0.4) is 0 Å². The number of methoxy groups -OCH3 is 1. The van der Waals surface area contributed by atoms with Gasteiger partial charge >= 0.3 is 0 Å². The number of benzene rings is 1. The Morgan fingerprint density at radius 1 is 1.29 bits per heavy atom. The zero-order valence-electron chi connectivity index (χ0n) is 16.9. The number of rotatable bonds is 6. The van der Waals surface area contributed by atoms with Gasteiger partial charge in [-0.3, -0.25) is 0 Å². The summed E-state index contributed by atoms with van der Waals surface area (Å²) in [6.45, 7) is 4.90. The Balaban J connectivity index is 1.39. The molecule has 1 aromatic carbocycles. The smallest absolute Gasteiger partial charge is 0.191 e. The molecule has 0 saturated carbocycles. The molecular weight excluding hydrogens is 352 g/mol. The van der Waals surface area contributed by atoms with Crippen LogP contribution >= 0.6 is 0 Å². The van der Waals surface area contributed by atoms with E-state index in [0.29, 0.717) is 19.2 Å². The van der Waals surface area contributed by atoms with Gasteiger partial charge in [-0.1, -0.05) is 18.2 Å². The lowest BCUT2D eigenvalue weighted by molar-refractivity contribution is 0.177. The first-order valence-corrected chi connectivity index (χ1v) is 10.3. The Bertz CT molecular complexity index is 843. The van der Waals surface area contributed by atoms with Gasteiger partial charge in [-0.2, -0.15) is 5.10 Å². The van der Waals surface area contributed by atoms with E-state index in [2.05, 4.69) is 45.8 Å². The van der Waals surface area contributed by atoms with E-state index < -0.39 is 0 Å². The molecule has 1 atom stereocenters. The predicted molar refractivity (Wildman–Crippen MR) is 109 cm³/mol. The summed E-state index contributed by atoms with van der Waals surface area (Å²) in [5.41, 5.74) is 4.30. The Morgan fingerprint density at radius 2 is 2.18 bits per heavy atom. The maximum Gasteiger partial charge on any atom is 0.191 e. The van der Waals surface area contributed by atoms with Crippen LogP contribution in [0.5, 0.6) is 0 Å². The van der Waals surface area contributed by atoms with Gasteiger partial charge in [0.05, 0.1) is 13.1 Å². The fourth-order valence-electron chi connectivity index (χ4n) is 4.08. The molecule has 0 fully saturated rings. The molecule has 0 amide bonds. The number of guanidine groups is 1. The first kappa shape index (κ1) is 18.9. The summed E-state index contributed by atoms with van der Waals surface area (Å²) >= 11 is 0. The number of aryl methyl sites for hydroxylation is 3. The van der Waals surface area contributed by atoms with Crippen LogP contribution in [0, 0.1) is 0 Å². The molecule has 150 valence electrons. The molecule has 0 radical (unpaired) electrons. The van der Waals surface area contributed by atoms with Crippen molar-refractivity contribution in [1.82, 2.24) is 25.4 Å². The van der Waals surface area contributed by atoms with E-state index in [0.717, 1.165) is 43.5 Å². The van der Waals surface area contributed by atoms with Crippen LogP contribution in [-0.4, -0.2) is 40.4 Å². The fraction of sp³-hybridized carbons (Fsp3) is 0.571. The molecular formula is C21H30N6O. The number of nitrogens with zero attached hydrogens (tertiary/aromatic N) is 4. The molecule has 2 aliphatic rings. The van der Waals surface area contributed by atoms with Crippen LogP contribution in [0.4, 0.5) is 0 Å². The molecule has 0 bridgehead atoms. The lowest BCUT2D eigenvalue weighted by Gasteiger charge is -2.25. The first-order valence-electron chi connectivity index (χ1n) is 10.3. The monoisotopic (exact) mass is 382 g/mol. The molecule has 0 spiro atoms. The Morgan fingerprint density at radius 3 is 3.04 bits per heavy atom. The average Bonchev–Trinajstić information content (AvgIpc) is 3.32. The van der Waals surface area contributed by atoms with E-state index in [-0.39, 0.29) is 0 Å². The Hall–Kier alpha value is -2.41. The second-order valence-electron chi connectivity index (χ2n) is 7.59. The van der Waals surface area contributed by atoms with Crippen molar-refractivity contribution in [1.29, 1.82) is 0 Å². The number of hydrogen-bond donors (Lipinski definition) is 2. The molecule has 1 aromatic heterocycles. The van der Waals surface area contributed by atoms with Gasteiger partial charge in [0, 0.05) is 26.1 Å². The van der Waals surface area contributed by atoms with Crippen LogP contribution in [0.25, 0.3) is 0 Å². The van der Waals surface area contributed by atoms with Crippen molar-refractivity contribution in [3.63, 3.8) is 0 Å². The van der Waals surface area contributed by atoms with Gasteiger partial charge in [0.1, 0.15) is 12.4 Å². The summed E-state index contributed by atoms with van der Waals surface area (Å²) in [6, 6.07) is 7.12. The third kappa shape index (κ3) is 4.35. The number of hydrogen-bond acceptors (Lipinski definition) is 4. The van der Waals surface area contributed by atoms with Crippen molar-refractivity contribution < 1.29 is 4.74 Å². The third-order valence-corrected chi connectivity index (χ3v) is 5.44. The quantitative estimate of drug-likeness (QED) is 0.590. The molecule has 1 unspecified atom stereocenters. The van der Waals surface area contributed by atoms with Gasteiger partial charge in [-0.15, -0.1) is 0 Å². The first-order chi connectivity index (χ1) is 13.7. The predicted octanol–water partition coefficient (Wildman–Crippen LogP) is 1.98. The zero-order chi connectivity index (χ0) is 19.3. The Kier molecular flexibility index (Phi) is 5.90. The molecule has 4 rings (SSSR count). The van der Waals surface area contributed by atoms with E-state index in [1.165, 1.54) is 36.0 Å². The number of ether oxygens (including phenoxy) is 1. The van der Waals surface area contributed by atoms with Crippen LogP contribution in [-0.2, 0) is 43.7 Å². The van der Waals surface area contributed by atoms with Crippen molar-refractivity contribution in [2.45, 2.75) is 64.8 Å². The summed E-state index contributed by atoms with van der Waals surface area (Å²) < 4.78 is 7.15. The number of aromatic nitrogens is 3. The zero-order valence-corrected chi connectivity index (χ0v) is 16.9. The summed E-state index contributed by atoms with van der Waals surface area (Å²) in [6.07, 6.45) is 5.65. The van der Waals surface area contributed by atoms with E-state index in [9.17, 15) is 0 Å². The lowest BCUT2D eigenvalue weighted by atomic mass is 10.1. The SMILES string of the molecule is CCNC(=NCc1ccc2c(c1)CCC2)NC1CCc2nc(COC)nn2C1. The number of fused-ring (bicyclic) bond motifs is 2. The third-order valence-electron chi connectivity index (χ3n) is 5.44. The summed E-state index contributed by atoms with van der Waals surface area (Å²) in [5, 5.41) is 11.5. The van der Waals surface area contributed by atoms with Gasteiger partial charge in [-0.25, -0.2) is 14.7 Å². The minimum atomic E-state index is 0.294. The molecule has 2 N–H and O–H groups in total. The summed E-state index contributed by atoms with van der Waals surface area (Å²) in [7, 11) is 1.67. The Labute approximate surface area is 166 Å². The van der Waals surface area contributed by atoms with Crippen LogP contribution in [0.1, 0.15) is 48.1 Å². The highest BCUT2D eigenvalue weighted by Gasteiger charge is 2.22. The highest BCUT2D eigenvalue weighted by Crippen LogP contribution is 2.23. The lowest BCUT2D eigenvalue weighted by Crippen LogP contribution is -2.47. The van der Waals surface area contributed by atoms with Crippen molar-refractivity contribution in [3.8, 4) is 0 Å². The summed E-state index contributed by atoms with van der Waals surface area (Å²) in [4.78, 5) is 9.37. The van der Waals surface area contributed by atoms with Crippen molar-refractivity contribution in [2.75, 3.05) is 13.7 Å². The maximum absolute atomic E-state index is 5.15. The largest absolute Gasteiger partial charge is 0.377 e. The molecule has 2 heterocycles. The van der Waals surface area contributed by atoms with Gasteiger partial charge in [0.2, 0.25) is 0 Å². The van der Waals surface area contributed by atoms with Crippen LogP contribution in [0.2, 0.25) is 0 Å². The molecule has 0 saturated heterocycles. The van der Waals surface area contributed by atoms with Crippen molar-refractivity contribution >= 4 is 5.96 Å². The van der Waals surface area contributed by atoms with Crippen molar-refractivity contribution in [3.05, 3.63) is 46.5 Å². The van der Waals surface area contributed by atoms with Crippen LogP contribution < -0.4 is 10.6 Å². The van der Waals surface area contributed by atoms with E-state index in [4.69, 9.17) is 9.73 Å². The van der Waals surface area contributed by atoms with E-state index >= 15 is 0 Å². The van der Waals surface area contributed by atoms with Gasteiger partial charge in [-0.05, 0) is 49.3 Å². The number of nitrogens with one attached hydrogen (secondary N) is 2. The molecule has 28 heavy (non-hydrogen) atoms. The molecule has 7 nitrogen and oxygen atoms in total. The van der Waals surface area contributed by atoms with E-state index in [1.54, 1.807) is 7.11 Å². The molecule has 7 heteroatoms. The topological polar surface area (TPSA) is 76.4 Å². The highest BCUT2D eigenvalue weighted by atomic mass is 16.5. The van der Waals surface area contributed by atoms with Gasteiger partial charge in [0.25, 0.3) is 0 Å². The maximum atomic E-state index is 5.15. The van der Waals surface area contributed by atoms with Crippen LogP contribution in [0.15, 0.2) is 23.2 Å². The average molecular weight is 383 g/mol. The molecule has 1 aliphatic heterocycles. The minimum absolute atomic E-state index is 0.294. The van der Waals surface area contributed by atoms with E-state index in [1.807, 2.05) is 4.68 Å². The molecule has 2 aromatic rings. The van der Waals surface area contributed by atoms with Gasteiger partial charge < -0.3 is 15.4 Å². The standard InChI is InChI=1S/C21H30N6O/c1-3-22-21(23-12-15-7-8-16-5-4-6-17(16)11-15)24-18-9-10-20-25-19(14-28-2)26-27(20)13-18/h7-8,11,18H,3-6,9-10,12-14H2,1-2H3,(H2,22,23,24). The second kappa shape index (κ2) is 8.73. The summed E-state index contributed by atoms with van der Waals surface area (Å²) in [5.74, 6) is 2.68.